The van der Waals surface area contributed by atoms with Crippen molar-refractivity contribution in [1.29, 1.82) is 0 Å². The monoisotopic (exact) mass is 341 g/mol. The first kappa shape index (κ1) is 16.5. The summed E-state index contributed by atoms with van der Waals surface area (Å²) in [5.41, 5.74) is 5.59. The Morgan fingerprint density at radius 1 is 1.25 bits per heavy atom. The van der Waals surface area contributed by atoms with Crippen LogP contribution in [-0.2, 0) is 6.54 Å². The van der Waals surface area contributed by atoms with Gasteiger partial charge in [0, 0.05) is 11.9 Å². The van der Waals surface area contributed by atoms with Crippen LogP contribution in [0.15, 0.2) is 41.5 Å². The van der Waals surface area contributed by atoms with Gasteiger partial charge in [-0.3, -0.25) is 10.1 Å². The van der Waals surface area contributed by atoms with Crippen molar-refractivity contribution in [3.8, 4) is 0 Å². The molecule has 0 saturated heterocycles. The number of halogens is 1. The summed E-state index contributed by atoms with van der Waals surface area (Å²) < 4.78 is 1.83. The highest BCUT2D eigenvalue weighted by Crippen LogP contribution is 2.19. The molecule has 0 atom stereocenters. The van der Waals surface area contributed by atoms with Crippen molar-refractivity contribution in [2.75, 3.05) is 5.43 Å². The molecule has 0 aliphatic carbocycles. The molecule has 1 aromatic carbocycles. The predicted molar refractivity (Wildman–Crippen MR) is 99.8 cm³/mol. The third kappa shape index (κ3) is 3.57. The van der Waals surface area contributed by atoms with E-state index in [9.17, 15) is 0 Å². The molecule has 0 aliphatic rings. The van der Waals surface area contributed by atoms with Crippen molar-refractivity contribution >= 4 is 34.5 Å². The topological polar surface area (TPSA) is 55.1 Å². The summed E-state index contributed by atoms with van der Waals surface area (Å²) in [5.74, 6) is 0.692. The second kappa shape index (κ2) is 7.45. The van der Waals surface area contributed by atoms with Gasteiger partial charge in [-0.1, -0.05) is 43.1 Å². The number of benzene rings is 1. The zero-order chi connectivity index (χ0) is 16.9. The maximum atomic E-state index is 6.39. The number of fused-ring (bicyclic) bond motifs is 1. The maximum absolute atomic E-state index is 6.39. The van der Waals surface area contributed by atoms with Crippen LogP contribution in [0.5, 0.6) is 0 Å². The van der Waals surface area contributed by atoms with Gasteiger partial charge in [0.15, 0.2) is 0 Å². The fourth-order valence-corrected chi connectivity index (χ4v) is 2.77. The molecular formula is C18H20ClN5. The number of nitrogens with zero attached hydrogens (tertiary/aromatic N) is 4. The van der Waals surface area contributed by atoms with Gasteiger partial charge >= 0.3 is 0 Å². The number of nitrogens with one attached hydrogen (secondary N) is 1. The van der Waals surface area contributed by atoms with Crippen LogP contribution in [0, 0.1) is 6.92 Å². The predicted octanol–water partition coefficient (Wildman–Crippen LogP) is 4.64. The molecular weight excluding hydrogens is 322 g/mol. The fourth-order valence-electron chi connectivity index (χ4n) is 2.46. The van der Waals surface area contributed by atoms with E-state index in [1.54, 1.807) is 6.21 Å². The van der Waals surface area contributed by atoms with Crippen molar-refractivity contribution < 1.29 is 0 Å². The Hall–Kier alpha value is -2.40. The fraction of sp³-hybridized carbons (Fsp3) is 0.278. The van der Waals surface area contributed by atoms with E-state index in [0.717, 1.165) is 41.5 Å². The number of unbranched alkanes of at least 4 members (excludes halogenated alkanes) is 1. The molecule has 0 aliphatic heterocycles. The maximum Gasteiger partial charge on any atom is 0.146 e. The SMILES string of the molecule is CCCCn1nc(C)c(C=NNc2ccc3ccccc3n2)c1Cl. The third-order valence-electron chi connectivity index (χ3n) is 3.80. The lowest BCUT2D eigenvalue weighted by molar-refractivity contribution is 0.569. The lowest BCUT2D eigenvalue weighted by Gasteiger charge is -2.02. The van der Waals surface area contributed by atoms with Crippen LogP contribution in [0.3, 0.4) is 0 Å². The summed E-state index contributed by atoms with van der Waals surface area (Å²) >= 11 is 6.39. The minimum atomic E-state index is 0.623. The number of pyridine rings is 1. The van der Waals surface area contributed by atoms with Crippen LogP contribution >= 0.6 is 11.6 Å². The molecule has 0 bridgehead atoms. The second-order valence-electron chi connectivity index (χ2n) is 5.63. The van der Waals surface area contributed by atoms with E-state index >= 15 is 0 Å². The Morgan fingerprint density at radius 3 is 2.92 bits per heavy atom. The van der Waals surface area contributed by atoms with E-state index in [4.69, 9.17) is 11.6 Å². The van der Waals surface area contributed by atoms with Crippen LogP contribution in [0.1, 0.15) is 31.0 Å². The molecule has 124 valence electrons. The molecule has 0 saturated carbocycles. The van der Waals surface area contributed by atoms with Gasteiger partial charge in [-0.15, -0.1) is 0 Å². The molecule has 1 N–H and O–H groups in total. The van der Waals surface area contributed by atoms with Gasteiger partial charge in [0.2, 0.25) is 0 Å². The highest BCUT2D eigenvalue weighted by atomic mass is 35.5. The Labute approximate surface area is 146 Å². The Kier molecular flexibility index (Phi) is 5.11. The van der Waals surface area contributed by atoms with Crippen molar-refractivity contribution in [3.63, 3.8) is 0 Å². The van der Waals surface area contributed by atoms with Gasteiger partial charge in [-0.25, -0.2) is 4.98 Å². The normalized spacial score (nSPS) is 11.5. The van der Waals surface area contributed by atoms with Gasteiger partial charge in [0.05, 0.1) is 23.0 Å². The van der Waals surface area contributed by atoms with Crippen molar-refractivity contribution in [1.82, 2.24) is 14.8 Å². The molecule has 6 heteroatoms. The molecule has 2 heterocycles. The Balaban J connectivity index is 1.74. The number of hydrazone groups is 1. The van der Waals surface area contributed by atoms with Crippen LogP contribution in [0.25, 0.3) is 10.9 Å². The van der Waals surface area contributed by atoms with Crippen molar-refractivity contribution in [3.05, 3.63) is 52.8 Å². The van der Waals surface area contributed by atoms with E-state index in [1.165, 1.54) is 0 Å². The van der Waals surface area contributed by atoms with Gasteiger partial charge in [0.1, 0.15) is 11.0 Å². The van der Waals surface area contributed by atoms with E-state index in [1.807, 2.05) is 48.0 Å². The van der Waals surface area contributed by atoms with Gasteiger partial charge in [-0.2, -0.15) is 10.2 Å². The number of aromatic nitrogens is 3. The summed E-state index contributed by atoms with van der Waals surface area (Å²) in [6.45, 7) is 4.90. The number of hydrogen-bond acceptors (Lipinski definition) is 4. The molecule has 3 rings (SSSR count). The third-order valence-corrected chi connectivity index (χ3v) is 4.20. The van der Waals surface area contributed by atoms with E-state index in [0.29, 0.717) is 11.0 Å². The van der Waals surface area contributed by atoms with Gasteiger partial charge in [-0.05, 0) is 31.5 Å². The first-order valence-corrected chi connectivity index (χ1v) is 8.44. The number of hydrogen-bond donors (Lipinski definition) is 1. The molecule has 0 radical (unpaired) electrons. The van der Waals surface area contributed by atoms with Crippen LogP contribution in [0.2, 0.25) is 5.15 Å². The summed E-state index contributed by atoms with van der Waals surface area (Å²) in [4.78, 5) is 4.52. The lowest BCUT2D eigenvalue weighted by Crippen LogP contribution is -2.00. The highest BCUT2D eigenvalue weighted by Gasteiger charge is 2.11. The Morgan fingerprint density at radius 2 is 2.08 bits per heavy atom. The first-order valence-electron chi connectivity index (χ1n) is 8.07. The number of aryl methyl sites for hydroxylation is 2. The molecule has 0 unspecified atom stereocenters. The van der Waals surface area contributed by atoms with E-state index in [-0.39, 0.29) is 0 Å². The largest absolute Gasteiger partial charge is 0.261 e. The number of para-hydroxylation sites is 1. The van der Waals surface area contributed by atoms with Crippen molar-refractivity contribution in [2.45, 2.75) is 33.2 Å². The summed E-state index contributed by atoms with van der Waals surface area (Å²) in [6.07, 6.45) is 3.86. The van der Waals surface area contributed by atoms with Gasteiger partial charge < -0.3 is 0 Å². The van der Waals surface area contributed by atoms with Crippen LogP contribution in [-0.4, -0.2) is 21.0 Å². The average Bonchev–Trinajstić information content (AvgIpc) is 2.87. The van der Waals surface area contributed by atoms with Gasteiger partial charge in [0.25, 0.3) is 0 Å². The zero-order valence-corrected chi connectivity index (χ0v) is 14.6. The molecule has 2 aromatic heterocycles. The smallest absolute Gasteiger partial charge is 0.146 e. The van der Waals surface area contributed by atoms with Crippen molar-refractivity contribution in [2.24, 2.45) is 5.10 Å². The number of anilines is 1. The molecule has 24 heavy (non-hydrogen) atoms. The minimum absolute atomic E-state index is 0.623. The summed E-state index contributed by atoms with van der Waals surface area (Å²) in [5, 5.41) is 10.4. The standard InChI is InChI=1S/C18H20ClN5/c1-3-4-11-24-18(19)15(13(2)23-24)12-20-22-17-10-9-14-7-5-6-8-16(14)21-17/h5-10,12H,3-4,11H2,1-2H3,(H,21,22). The van der Waals surface area contributed by atoms with Crippen LogP contribution in [0.4, 0.5) is 5.82 Å². The highest BCUT2D eigenvalue weighted by molar-refractivity contribution is 6.32. The summed E-state index contributed by atoms with van der Waals surface area (Å²) in [7, 11) is 0. The Bertz CT molecular complexity index is 869. The second-order valence-corrected chi connectivity index (χ2v) is 5.98. The molecule has 5 nitrogen and oxygen atoms in total. The van der Waals surface area contributed by atoms with Crippen LogP contribution < -0.4 is 5.43 Å². The molecule has 0 amide bonds. The average molecular weight is 342 g/mol. The number of rotatable bonds is 6. The minimum Gasteiger partial charge on any atom is -0.261 e. The molecule has 0 fully saturated rings. The van der Waals surface area contributed by atoms with E-state index < -0.39 is 0 Å². The zero-order valence-electron chi connectivity index (χ0n) is 13.8. The lowest BCUT2D eigenvalue weighted by atomic mass is 10.2. The summed E-state index contributed by atoms with van der Waals surface area (Å²) in [6, 6.07) is 11.9. The molecule has 3 aromatic rings. The quantitative estimate of drug-likeness (QED) is 0.525. The van der Waals surface area contributed by atoms with E-state index in [2.05, 4.69) is 27.5 Å². The first-order chi connectivity index (χ1) is 11.7. The molecule has 0 spiro atoms.